The average molecular weight is 345 g/mol. The lowest BCUT2D eigenvalue weighted by molar-refractivity contribution is -0.137. The monoisotopic (exact) mass is 345 g/mol. The van der Waals surface area contributed by atoms with Gasteiger partial charge in [0.2, 0.25) is 5.90 Å². The molecule has 0 aliphatic carbocycles. The fourth-order valence-electron chi connectivity index (χ4n) is 2.34. The standard InChI is InChI=1S/C19H14F3NO2/c1-2-12-3-5-13(6-4-12)11-16-18(24)25-17(23-16)14-7-9-15(10-8-14)19(20,21)22/h3-11H,2H2,1H3. The van der Waals surface area contributed by atoms with Crippen molar-refractivity contribution in [3.63, 3.8) is 0 Å². The minimum absolute atomic E-state index is 0.00449. The SMILES string of the molecule is CCc1ccc(C=C2N=C(c3ccc(C(F)(F)F)cc3)OC2=O)cc1. The number of nitrogens with zero attached hydrogens (tertiary/aromatic N) is 1. The first-order valence-electron chi connectivity index (χ1n) is 7.66. The highest BCUT2D eigenvalue weighted by atomic mass is 19.4. The molecule has 0 atom stereocenters. The van der Waals surface area contributed by atoms with Crippen LogP contribution in [0.3, 0.4) is 0 Å². The quantitative estimate of drug-likeness (QED) is 0.602. The number of aryl methyl sites for hydroxylation is 1. The van der Waals surface area contributed by atoms with Crippen LogP contribution < -0.4 is 0 Å². The maximum absolute atomic E-state index is 12.6. The summed E-state index contributed by atoms with van der Waals surface area (Å²) in [5.74, 6) is -0.635. The van der Waals surface area contributed by atoms with Crippen molar-refractivity contribution in [3.05, 3.63) is 76.5 Å². The molecular weight excluding hydrogens is 331 g/mol. The van der Waals surface area contributed by atoms with E-state index in [0.29, 0.717) is 5.56 Å². The van der Waals surface area contributed by atoms with Crippen LogP contribution in [0.5, 0.6) is 0 Å². The lowest BCUT2D eigenvalue weighted by Gasteiger charge is -2.06. The van der Waals surface area contributed by atoms with E-state index in [9.17, 15) is 18.0 Å². The molecule has 1 heterocycles. The topological polar surface area (TPSA) is 38.7 Å². The number of ether oxygens (including phenoxy) is 1. The van der Waals surface area contributed by atoms with Gasteiger partial charge in [-0.3, -0.25) is 0 Å². The molecular formula is C19H14F3NO2. The summed E-state index contributed by atoms with van der Waals surface area (Å²) in [6.07, 6.45) is -1.92. The molecule has 0 saturated carbocycles. The molecule has 0 unspecified atom stereocenters. The smallest absolute Gasteiger partial charge is 0.402 e. The number of rotatable bonds is 3. The summed E-state index contributed by atoms with van der Waals surface area (Å²) >= 11 is 0. The molecule has 6 heteroatoms. The average Bonchev–Trinajstić information content (AvgIpc) is 2.96. The Balaban J connectivity index is 1.85. The Morgan fingerprint density at radius 2 is 1.68 bits per heavy atom. The van der Waals surface area contributed by atoms with Crippen LogP contribution in [0.2, 0.25) is 0 Å². The first kappa shape index (κ1) is 17.0. The maximum atomic E-state index is 12.6. The highest BCUT2D eigenvalue weighted by Gasteiger charge is 2.31. The minimum atomic E-state index is -4.41. The second-order valence-corrected chi connectivity index (χ2v) is 5.51. The van der Waals surface area contributed by atoms with Crippen molar-refractivity contribution in [3.8, 4) is 0 Å². The van der Waals surface area contributed by atoms with Gasteiger partial charge in [-0.2, -0.15) is 13.2 Å². The Morgan fingerprint density at radius 1 is 1.04 bits per heavy atom. The molecule has 0 N–H and O–H groups in total. The van der Waals surface area contributed by atoms with Crippen molar-refractivity contribution in [2.75, 3.05) is 0 Å². The number of benzene rings is 2. The largest absolute Gasteiger partial charge is 0.416 e. The van der Waals surface area contributed by atoms with Gasteiger partial charge in [-0.15, -0.1) is 0 Å². The van der Waals surface area contributed by atoms with E-state index in [2.05, 4.69) is 4.99 Å². The zero-order valence-electron chi connectivity index (χ0n) is 13.3. The van der Waals surface area contributed by atoms with E-state index in [0.717, 1.165) is 24.1 Å². The van der Waals surface area contributed by atoms with Crippen molar-refractivity contribution >= 4 is 17.9 Å². The second-order valence-electron chi connectivity index (χ2n) is 5.51. The van der Waals surface area contributed by atoms with E-state index in [4.69, 9.17) is 4.74 Å². The fraction of sp³-hybridized carbons (Fsp3) is 0.158. The number of hydrogen-bond donors (Lipinski definition) is 0. The van der Waals surface area contributed by atoms with Gasteiger partial charge in [0, 0.05) is 5.56 Å². The third-order valence-corrected chi connectivity index (χ3v) is 3.77. The highest BCUT2D eigenvalue weighted by molar-refractivity contribution is 6.12. The molecule has 128 valence electrons. The summed E-state index contributed by atoms with van der Waals surface area (Å²) in [5.41, 5.74) is 1.62. The van der Waals surface area contributed by atoms with Crippen LogP contribution >= 0.6 is 0 Å². The summed E-state index contributed by atoms with van der Waals surface area (Å²) in [6.45, 7) is 2.04. The molecule has 0 aromatic heterocycles. The molecule has 25 heavy (non-hydrogen) atoms. The lowest BCUT2D eigenvalue weighted by Crippen LogP contribution is -2.08. The van der Waals surface area contributed by atoms with E-state index < -0.39 is 17.7 Å². The van der Waals surface area contributed by atoms with Gasteiger partial charge in [0.15, 0.2) is 5.70 Å². The number of carbonyl (C=O) groups is 1. The van der Waals surface area contributed by atoms with Gasteiger partial charge in [0.1, 0.15) is 0 Å². The molecule has 2 aromatic carbocycles. The number of aliphatic imine (C=N–C) groups is 1. The summed E-state index contributed by atoms with van der Waals surface area (Å²) in [6, 6.07) is 11.9. The molecule has 0 spiro atoms. The van der Waals surface area contributed by atoms with Crippen molar-refractivity contribution in [2.24, 2.45) is 4.99 Å². The Morgan fingerprint density at radius 3 is 2.24 bits per heavy atom. The number of hydrogen-bond acceptors (Lipinski definition) is 3. The third kappa shape index (κ3) is 3.79. The molecule has 0 fully saturated rings. The van der Waals surface area contributed by atoms with Gasteiger partial charge in [-0.1, -0.05) is 31.2 Å². The predicted octanol–water partition coefficient (Wildman–Crippen LogP) is 4.61. The Hall–Kier alpha value is -2.89. The van der Waals surface area contributed by atoms with Crippen LogP contribution in [0, 0.1) is 0 Å². The lowest BCUT2D eigenvalue weighted by atomic mass is 10.1. The predicted molar refractivity (Wildman–Crippen MR) is 87.9 cm³/mol. The van der Waals surface area contributed by atoms with Crippen LogP contribution in [-0.4, -0.2) is 11.9 Å². The van der Waals surface area contributed by atoms with Crippen molar-refractivity contribution < 1.29 is 22.7 Å². The Bertz CT molecular complexity index is 848. The van der Waals surface area contributed by atoms with Gasteiger partial charge in [-0.25, -0.2) is 9.79 Å². The Labute approximate surface area is 142 Å². The first-order chi connectivity index (χ1) is 11.9. The summed E-state index contributed by atoms with van der Waals surface area (Å²) in [7, 11) is 0. The van der Waals surface area contributed by atoms with Crippen molar-refractivity contribution in [1.82, 2.24) is 0 Å². The molecule has 3 rings (SSSR count). The van der Waals surface area contributed by atoms with E-state index in [1.165, 1.54) is 17.7 Å². The van der Waals surface area contributed by atoms with Gasteiger partial charge >= 0.3 is 12.1 Å². The van der Waals surface area contributed by atoms with Crippen LogP contribution in [0.15, 0.2) is 59.2 Å². The van der Waals surface area contributed by atoms with E-state index in [-0.39, 0.29) is 11.6 Å². The fourth-order valence-corrected chi connectivity index (χ4v) is 2.34. The highest BCUT2D eigenvalue weighted by Crippen LogP contribution is 2.29. The number of cyclic esters (lactones) is 1. The molecule has 1 aliphatic rings. The van der Waals surface area contributed by atoms with E-state index in [1.54, 1.807) is 6.08 Å². The maximum Gasteiger partial charge on any atom is 0.416 e. The van der Waals surface area contributed by atoms with Crippen LogP contribution in [-0.2, 0) is 22.1 Å². The van der Waals surface area contributed by atoms with Crippen LogP contribution in [0.1, 0.15) is 29.2 Å². The molecule has 2 aromatic rings. The molecule has 0 radical (unpaired) electrons. The van der Waals surface area contributed by atoms with Crippen molar-refractivity contribution in [2.45, 2.75) is 19.5 Å². The van der Waals surface area contributed by atoms with Crippen LogP contribution in [0.4, 0.5) is 13.2 Å². The third-order valence-electron chi connectivity index (χ3n) is 3.77. The van der Waals surface area contributed by atoms with Gasteiger partial charge in [-0.05, 0) is 47.9 Å². The summed E-state index contributed by atoms with van der Waals surface area (Å²) in [5, 5.41) is 0. The molecule has 0 amide bonds. The zero-order chi connectivity index (χ0) is 18.0. The normalized spacial score (nSPS) is 16.1. The number of esters is 1. The van der Waals surface area contributed by atoms with Gasteiger partial charge in [0.25, 0.3) is 0 Å². The molecule has 0 saturated heterocycles. The number of halogens is 3. The zero-order valence-corrected chi connectivity index (χ0v) is 13.3. The number of alkyl halides is 3. The molecule has 3 nitrogen and oxygen atoms in total. The van der Waals surface area contributed by atoms with Crippen LogP contribution in [0.25, 0.3) is 6.08 Å². The second kappa shape index (κ2) is 6.55. The van der Waals surface area contributed by atoms with E-state index >= 15 is 0 Å². The van der Waals surface area contributed by atoms with Gasteiger partial charge < -0.3 is 4.74 Å². The molecule has 0 bridgehead atoms. The van der Waals surface area contributed by atoms with E-state index in [1.807, 2.05) is 31.2 Å². The van der Waals surface area contributed by atoms with Crippen molar-refractivity contribution in [1.29, 1.82) is 0 Å². The molecule has 1 aliphatic heterocycles. The van der Waals surface area contributed by atoms with Gasteiger partial charge in [0.05, 0.1) is 5.56 Å². The minimum Gasteiger partial charge on any atom is -0.402 e. The summed E-state index contributed by atoms with van der Waals surface area (Å²) in [4.78, 5) is 16.0. The first-order valence-corrected chi connectivity index (χ1v) is 7.66. The number of carbonyl (C=O) groups excluding carboxylic acids is 1. The Kier molecular flexibility index (Phi) is 4.44. The summed E-state index contributed by atoms with van der Waals surface area (Å²) < 4.78 is 42.8.